The Morgan fingerprint density at radius 1 is 1.33 bits per heavy atom. The number of hydrogen-bond donors (Lipinski definition) is 1. The average Bonchev–Trinajstić information content (AvgIpc) is 2.94. The van der Waals surface area contributed by atoms with Crippen molar-refractivity contribution >= 4 is 39.8 Å². The summed E-state index contributed by atoms with van der Waals surface area (Å²) >= 11 is 7.24. The number of benzene rings is 1. The third-order valence-corrected chi connectivity index (χ3v) is 4.83. The number of ether oxygens (including phenoxy) is 1. The lowest BCUT2D eigenvalue weighted by Crippen LogP contribution is -2.17. The van der Waals surface area contributed by atoms with Gasteiger partial charge < -0.3 is 10.1 Å². The monoisotopic (exact) mass is 369 g/mol. The number of esters is 1. The maximum absolute atomic E-state index is 13.8. The minimum absolute atomic E-state index is 0.127. The minimum atomic E-state index is -0.538. The van der Waals surface area contributed by atoms with Gasteiger partial charge in [-0.2, -0.15) is 0 Å². The van der Waals surface area contributed by atoms with E-state index in [1.165, 1.54) is 29.5 Å². The second-order valence-corrected chi connectivity index (χ2v) is 6.50. The summed E-state index contributed by atoms with van der Waals surface area (Å²) in [5.74, 6) is -1.48. The molecule has 0 aliphatic heterocycles. The SMILES string of the molecule is CCOC(=O)c1cc(CC)sc1NC(=O)Cc1c(F)cccc1Cl. The molecule has 2 aromatic rings. The van der Waals surface area contributed by atoms with Crippen molar-refractivity contribution in [3.8, 4) is 0 Å². The van der Waals surface area contributed by atoms with Gasteiger partial charge in [0, 0.05) is 15.5 Å². The van der Waals surface area contributed by atoms with E-state index >= 15 is 0 Å². The molecule has 24 heavy (non-hydrogen) atoms. The van der Waals surface area contributed by atoms with Crippen LogP contribution in [0.25, 0.3) is 0 Å². The van der Waals surface area contributed by atoms with Crippen molar-refractivity contribution in [1.29, 1.82) is 0 Å². The van der Waals surface area contributed by atoms with Gasteiger partial charge in [-0.1, -0.05) is 24.6 Å². The number of carbonyl (C=O) groups is 2. The largest absolute Gasteiger partial charge is 0.462 e. The van der Waals surface area contributed by atoms with Crippen molar-refractivity contribution in [2.75, 3.05) is 11.9 Å². The van der Waals surface area contributed by atoms with Crippen LogP contribution in [0.2, 0.25) is 5.02 Å². The lowest BCUT2D eigenvalue weighted by molar-refractivity contribution is -0.115. The maximum Gasteiger partial charge on any atom is 0.341 e. The highest BCUT2D eigenvalue weighted by atomic mass is 35.5. The van der Waals surface area contributed by atoms with Crippen molar-refractivity contribution < 1.29 is 18.7 Å². The lowest BCUT2D eigenvalue weighted by atomic mass is 10.1. The fourth-order valence-corrected chi connectivity index (χ4v) is 3.33. The summed E-state index contributed by atoms with van der Waals surface area (Å²) in [7, 11) is 0. The number of hydrogen-bond acceptors (Lipinski definition) is 4. The van der Waals surface area contributed by atoms with Gasteiger partial charge in [0.05, 0.1) is 18.6 Å². The van der Waals surface area contributed by atoms with E-state index in [-0.39, 0.29) is 23.6 Å². The quantitative estimate of drug-likeness (QED) is 0.765. The Hall–Kier alpha value is -1.92. The average molecular weight is 370 g/mol. The summed E-state index contributed by atoms with van der Waals surface area (Å²) in [6.07, 6.45) is 0.513. The Labute approximate surface area is 148 Å². The van der Waals surface area contributed by atoms with Crippen molar-refractivity contribution in [3.63, 3.8) is 0 Å². The zero-order valence-electron chi connectivity index (χ0n) is 13.3. The highest BCUT2D eigenvalue weighted by Crippen LogP contribution is 2.30. The minimum Gasteiger partial charge on any atom is -0.462 e. The number of aryl methyl sites for hydroxylation is 1. The van der Waals surface area contributed by atoms with Gasteiger partial charge in [0.15, 0.2) is 0 Å². The molecule has 0 aliphatic carbocycles. The van der Waals surface area contributed by atoms with Crippen LogP contribution < -0.4 is 5.32 Å². The van der Waals surface area contributed by atoms with E-state index < -0.39 is 17.7 Å². The smallest absolute Gasteiger partial charge is 0.341 e. The topological polar surface area (TPSA) is 55.4 Å². The van der Waals surface area contributed by atoms with Crippen molar-refractivity contribution in [3.05, 3.63) is 51.1 Å². The standard InChI is InChI=1S/C17H17ClFNO3S/c1-3-10-8-12(17(22)23-4-2)16(24-10)20-15(21)9-11-13(18)6-5-7-14(11)19/h5-8H,3-4,9H2,1-2H3,(H,20,21). The molecule has 7 heteroatoms. The molecule has 1 amide bonds. The Bertz CT molecular complexity index is 740. The first-order valence-corrected chi connectivity index (χ1v) is 8.68. The van der Waals surface area contributed by atoms with E-state index in [4.69, 9.17) is 16.3 Å². The van der Waals surface area contributed by atoms with Gasteiger partial charge in [0.25, 0.3) is 0 Å². The molecule has 0 bridgehead atoms. The van der Waals surface area contributed by atoms with Crippen molar-refractivity contribution in [2.45, 2.75) is 26.7 Å². The van der Waals surface area contributed by atoms with Gasteiger partial charge in [-0.3, -0.25) is 4.79 Å². The Morgan fingerprint density at radius 3 is 2.71 bits per heavy atom. The fraction of sp³-hybridized carbons (Fsp3) is 0.294. The first-order valence-electron chi connectivity index (χ1n) is 7.48. The normalized spacial score (nSPS) is 10.5. The van der Waals surface area contributed by atoms with Crippen molar-refractivity contribution in [1.82, 2.24) is 0 Å². The molecule has 2 rings (SSSR count). The molecule has 1 aromatic heterocycles. The Morgan fingerprint density at radius 2 is 2.08 bits per heavy atom. The second kappa shape index (κ2) is 8.26. The Balaban J connectivity index is 2.19. The number of amides is 1. The van der Waals surface area contributed by atoms with Crippen LogP contribution in [-0.4, -0.2) is 18.5 Å². The molecule has 0 atom stereocenters. The van der Waals surface area contributed by atoms with Gasteiger partial charge in [-0.05, 0) is 31.5 Å². The number of anilines is 1. The molecule has 128 valence electrons. The van der Waals surface area contributed by atoms with Crippen LogP contribution in [0.15, 0.2) is 24.3 Å². The molecule has 1 aromatic carbocycles. The zero-order valence-corrected chi connectivity index (χ0v) is 14.9. The molecule has 0 spiro atoms. The number of halogens is 2. The summed E-state index contributed by atoms with van der Waals surface area (Å²) in [4.78, 5) is 25.2. The predicted octanol–water partition coefficient (Wildman–Crippen LogP) is 4.46. The van der Waals surface area contributed by atoms with Crippen LogP contribution in [-0.2, 0) is 22.4 Å². The third-order valence-electron chi connectivity index (χ3n) is 3.28. The Kier molecular flexibility index (Phi) is 6.34. The van der Waals surface area contributed by atoms with Gasteiger partial charge in [-0.15, -0.1) is 11.3 Å². The summed E-state index contributed by atoms with van der Waals surface area (Å²) < 4.78 is 18.8. The molecule has 0 saturated carbocycles. The molecule has 1 N–H and O–H groups in total. The van der Waals surface area contributed by atoms with Crippen molar-refractivity contribution in [2.24, 2.45) is 0 Å². The summed E-state index contributed by atoms with van der Waals surface area (Å²) in [5, 5.41) is 3.26. The number of thiophene rings is 1. The highest BCUT2D eigenvalue weighted by molar-refractivity contribution is 7.16. The van der Waals surface area contributed by atoms with E-state index in [9.17, 15) is 14.0 Å². The highest BCUT2D eigenvalue weighted by Gasteiger charge is 2.20. The zero-order chi connectivity index (χ0) is 17.7. The van der Waals surface area contributed by atoms with Crippen LogP contribution in [0.4, 0.5) is 9.39 Å². The molecule has 0 saturated heterocycles. The molecular weight excluding hydrogens is 353 g/mol. The van der Waals surface area contributed by atoms with Gasteiger partial charge >= 0.3 is 5.97 Å². The van der Waals surface area contributed by atoms with Crippen LogP contribution in [0.1, 0.15) is 34.6 Å². The lowest BCUT2D eigenvalue weighted by Gasteiger charge is -2.08. The summed E-state index contributed by atoms with van der Waals surface area (Å²) in [5.41, 5.74) is 0.438. The molecule has 1 heterocycles. The van der Waals surface area contributed by atoms with Gasteiger partial charge in [0.1, 0.15) is 10.8 Å². The molecule has 0 aliphatic rings. The van der Waals surface area contributed by atoms with Gasteiger partial charge in [-0.25, -0.2) is 9.18 Å². The summed E-state index contributed by atoms with van der Waals surface area (Å²) in [6.45, 7) is 3.91. The van der Waals surface area contributed by atoms with Crippen LogP contribution in [0.3, 0.4) is 0 Å². The van der Waals surface area contributed by atoms with Crippen LogP contribution in [0.5, 0.6) is 0 Å². The van der Waals surface area contributed by atoms with E-state index in [0.717, 1.165) is 11.3 Å². The van der Waals surface area contributed by atoms with E-state index in [1.807, 2.05) is 6.92 Å². The third kappa shape index (κ3) is 4.33. The first-order chi connectivity index (χ1) is 11.5. The number of nitrogens with one attached hydrogen (secondary N) is 1. The predicted molar refractivity (Wildman–Crippen MR) is 93.4 cm³/mol. The van der Waals surface area contributed by atoms with Gasteiger partial charge in [0.2, 0.25) is 5.91 Å². The van der Waals surface area contributed by atoms with Crippen LogP contribution >= 0.6 is 22.9 Å². The van der Waals surface area contributed by atoms with Crippen LogP contribution in [0, 0.1) is 5.82 Å². The fourth-order valence-electron chi connectivity index (χ4n) is 2.10. The molecule has 0 fully saturated rings. The molecule has 0 unspecified atom stereocenters. The van der Waals surface area contributed by atoms with E-state index in [2.05, 4.69) is 5.32 Å². The maximum atomic E-state index is 13.8. The summed E-state index contributed by atoms with van der Waals surface area (Å²) in [6, 6.07) is 5.95. The molecule has 0 radical (unpaired) electrons. The number of rotatable bonds is 6. The first kappa shape index (κ1) is 18.4. The second-order valence-electron chi connectivity index (χ2n) is 4.95. The van der Waals surface area contributed by atoms with E-state index in [0.29, 0.717) is 10.6 Å². The molecular formula is C17H17ClFNO3S. The molecule has 4 nitrogen and oxygen atoms in total. The number of carbonyl (C=O) groups excluding carboxylic acids is 2. The van der Waals surface area contributed by atoms with E-state index in [1.54, 1.807) is 13.0 Å².